The maximum atomic E-state index is 3.59. The van der Waals surface area contributed by atoms with Gasteiger partial charge < -0.3 is 4.72 Å². The van der Waals surface area contributed by atoms with Gasteiger partial charge >= 0.3 is 0 Å². The Bertz CT molecular complexity index is 250. The average Bonchev–Trinajstić information content (AvgIpc) is 2.01. The minimum absolute atomic E-state index is 1.07. The van der Waals surface area contributed by atoms with Gasteiger partial charge in [-0.2, -0.15) is 0 Å². The molecule has 11 heavy (non-hydrogen) atoms. The Morgan fingerprint density at radius 1 is 1.55 bits per heavy atom. The van der Waals surface area contributed by atoms with E-state index in [-0.39, 0.29) is 0 Å². The Labute approximate surface area is 79.1 Å². The zero-order valence-electron chi connectivity index (χ0n) is 5.88. The van der Waals surface area contributed by atoms with Crippen molar-refractivity contribution in [2.75, 3.05) is 4.72 Å². The molecule has 0 aliphatic rings. The molecule has 0 radical (unpaired) electrons. The van der Waals surface area contributed by atoms with Crippen LogP contribution in [0.25, 0.3) is 0 Å². The van der Waals surface area contributed by atoms with Crippen molar-refractivity contribution in [3.05, 3.63) is 40.7 Å². The summed E-state index contributed by atoms with van der Waals surface area (Å²) in [5.41, 5.74) is 1.07. The van der Waals surface area contributed by atoms with Gasteiger partial charge in [0.15, 0.2) is 0 Å². The van der Waals surface area contributed by atoms with Gasteiger partial charge in [0.25, 0.3) is 0 Å². The third kappa shape index (κ3) is 2.99. The molecule has 0 heterocycles. The van der Waals surface area contributed by atoms with E-state index < -0.39 is 0 Å². The minimum Gasteiger partial charge on any atom is -0.326 e. The standard InChI is InChI=1S/C8H8BrNS/c1-2-11-10-8-5-3-4-7(9)6-8/h2-6,10H,1H2. The molecule has 0 aliphatic carbocycles. The Morgan fingerprint density at radius 3 is 3.00 bits per heavy atom. The molecular weight excluding hydrogens is 222 g/mol. The number of halogens is 1. The predicted molar refractivity (Wildman–Crippen MR) is 55.6 cm³/mol. The second-order valence-corrected chi connectivity index (χ2v) is 3.59. The van der Waals surface area contributed by atoms with Crippen molar-refractivity contribution < 1.29 is 0 Å². The smallest absolute Gasteiger partial charge is 0.0454 e. The van der Waals surface area contributed by atoms with Crippen molar-refractivity contribution >= 4 is 33.6 Å². The lowest BCUT2D eigenvalue weighted by atomic mass is 10.3. The van der Waals surface area contributed by atoms with Crippen LogP contribution in [0, 0.1) is 0 Å². The lowest BCUT2D eigenvalue weighted by Gasteiger charge is -2.00. The summed E-state index contributed by atoms with van der Waals surface area (Å²) < 4.78 is 4.18. The molecule has 0 spiro atoms. The average molecular weight is 230 g/mol. The van der Waals surface area contributed by atoms with Crippen LogP contribution in [0.1, 0.15) is 0 Å². The minimum atomic E-state index is 1.07. The van der Waals surface area contributed by atoms with Gasteiger partial charge in [0.1, 0.15) is 0 Å². The first kappa shape index (κ1) is 8.68. The molecule has 0 amide bonds. The van der Waals surface area contributed by atoms with E-state index in [9.17, 15) is 0 Å². The van der Waals surface area contributed by atoms with Crippen LogP contribution in [-0.4, -0.2) is 0 Å². The summed E-state index contributed by atoms with van der Waals surface area (Å²) in [6, 6.07) is 7.98. The van der Waals surface area contributed by atoms with Crippen molar-refractivity contribution in [3.63, 3.8) is 0 Å². The first-order valence-corrected chi connectivity index (χ1v) is 4.78. The third-order valence-corrected chi connectivity index (χ3v) is 2.10. The number of anilines is 1. The van der Waals surface area contributed by atoms with Crippen LogP contribution in [0.3, 0.4) is 0 Å². The van der Waals surface area contributed by atoms with Gasteiger partial charge in [-0.1, -0.05) is 28.6 Å². The summed E-state index contributed by atoms with van der Waals surface area (Å²) in [6.45, 7) is 3.59. The highest BCUT2D eigenvalue weighted by Gasteiger charge is 1.89. The number of hydrogen-bond donors (Lipinski definition) is 1. The van der Waals surface area contributed by atoms with Crippen molar-refractivity contribution in [2.45, 2.75) is 0 Å². The van der Waals surface area contributed by atoms with Crippen LogP contribution in [0.15, 0.2) is 40.7 Å². The molecule has 1 N–H and O–H groups in total. The molecule has 0 unspecified atom stereocenters. The molecule has 58 valence electrons. The van der Waals surface area contributed by atoms with Gasteiger partial charge in [-0.25, -0.2) is 0 Å². The van der Waals surface area contributed by atoms with Crippen molar-refractivity contribution in [3.8, 4) is 0 Å². The summed E-state index contributed by atoms with van der Waals surface area (Å²) in [5, 5.41) is 1.75. The zero-order chi connectivity index (χ0) is 8.10. The lowest BCUT2D eigenvalue weighted by Crippen LogP contribution is -1.81. The molecule has 1 nitrogen and oxygen atoms in total. The maximum Gasteiger partial charge on any atom is 0.0454 e. The summed E-state index contributed by atoms with van der Waals surface area (Å²) in [4.78, 5) is 0. The Kier molecular flexibility index (Phi) is 3.52. The predicted octanol–water partition coefficient (Wildman–Crippen LogP) is 3.65. The molecule has 1 aromatic rings. The highest BCUT2D eigenvalue weighted by atomic mass is 79.9. The quantitative estimate of drug-likeness (QED) is 0.795. The van der Waals surface area contributed by atoms with Crippen LogP contribution < -0.4 is 4.72 Å². The largest absolute Gasteiger partial charge is 0.326 e. The van der Waals surface area contributed by atoms with Gasteiger partial charge in [0.2, 0.25) is 0 Å². The number of benzene rings is 1. The summed E-state index contributed by atoms with van der Waals surface area (Å²) in [6.07, 6.45) is 0. The molecule has 3 heteroatoms. The molecule has 0 atom stereocenters. The van der Waals surface area contributed by atoms with E-state index in [1.165, 1.54) is 11.9 Å². The fourth-order valence-corrected chi connectivity index (χ4v) is 1.41. The SMILES string of the molecule is C=CSNc1cccc(Br)c1. The molecule has 1 aromatic carbocycles. The first-order valence-electron chi connectivity index (χ1n) is 3.11. The second-order valence-electron chi connectivity index (χ2n) is 1.90. The molecule has 0 bridgehead atoms. The van der Waals surface area contributed by atoms with Crippen molar-refractivity contribution in [2.24, 2.45) is 0 Å². The van der Waals surface area contributed by atoms with Crippen LogP contribution >= 0.6 is 27.9 Å². The van der Waals surface area contributed by atoms with E-state index >= 15 is 0 Å². The molecule has 0 fully saturated rings. The Hall–Kier alpha value is -0.410. The van der Waals surface area contributed by atoms with E-state index in [1.807, 2.05) is 24.3 Å². The molecular formula is C8H8BrNS. The Balaban J connectivity index is 2.63. The van der Waals surface area contributed by atoms with E-state index in [0.29, 0.717) is 0 Å². The van der Waals surface area contributed by atoms with Crippen molar-refractivity contribution in [1.82, 2.24) is 0 Å². The highest BCUT2D eigenvalue weighted by molar-refractivity contribution is 9.10. The molecule has 0 aliphatic heterocycles. The molecule has 0 saturated carbocycles. The number of hydrogen-bond acceptors (Lipinski definition) is 2. The van der Waals surface area contributed by atoms with E-state index in [2.05, 4.69) is 27.2 Å². The normalized spacial score (nSPS) is 9.18. The van der Waals surface area contributed by atoms with Crippen LogP contribution in [0.4, 0.5) is 5.69 Å². The van der Waals surface area contributed by atoms with E-state index in [4.69, 9.17) is 0 Å². The monoisotopic (exact) mass is 229 g/mol. The lowest BCUT2D eigenvalue weighted by molar-refractivity contribution is 1.64. The Morgan fingerprint density at radius 2 is 2.36 bits per heavy atom. The fourth-order valence-electron chi connectivity index (χ4n) is 0.662. The van der Waals surface area contributed by atoms with E-state index in [1.54, 1.807) is 5.41 Å². The zero-order valence-corrected chi connectivity index (χ0v) is 8.28. The topological polar surface area (TPSA) is 12.0 Å². The van der Waals surface area contributed by atoms with Gasteiger partial charge in [-0.05, 0) is 35.6 Å². The third-order valence-electron chi connectivity index (χ3n) is 1.08. The van der Waals surface area contributed by atoms with Crippen molar-refractivity contribution in [1.29, 1.82) is 0 Å². The highest BCUT2D eigenvalue weighted by Crippen LogP contribution is 2.18. The van der Waals surface area contributed by atoms with Gasteiger partial charge in [-0.3, -0.25) is 0 Å². The van der Waals surface area contributed by atoms with Crippen LogP contribution in [0.5, 0.6) is 0 Å². The van der Waals surface area contributed by atoms with Crippen LogP contribution in [-0.2, 0) is 0 Å². The van der Waals surface area contributed by atoms with E-state index in [0.717, 1.165) is 10.2 Å². The maximum absolute atomic E-state index is 3.59. The summed E-state index contributed by atoms with van der Waals surface area (Å²) in [7, 11) is 0. The summed E-state index contributed by atoms with van der Waals surface area (Å²) >= 11 is 4.84. The molecule has 0 aromatic heterocycles. The molecule has 1 rings (SSSR count). The first-order chi connectivity index (χ1) is 5.33. The van der Waals surface area contributed by atoms with Gasteiger partial charge in [0.05, 0.1) is 0 Å². The molecule has 0 saturated heterocycles. The second kappa shape index (κ2) is 4.46. The number of nitrogens with one attached hydrogen (secondary N) is 1. The van der Waals surface area contributed by atoms with Crippen LogP contribution in [0.2, 0.25) is 0 Å². The summed E-state index contributed by atoms with van der Waals surface area (Å²) in [5.74, 6) is 0. The number of rotatable bonds is 3. The van der Waals surface area contributed by atoms with Gasteiger partial charge in [0, 0.05) is 10.2 Å². The fraction of sp³-hybridized carbons (Fsp3) is 0. The van der Waals surface area contributed by atoms with Gasteiger partial charge in [-0.15, -0.1) is 0 Å².